The van der Waals surface area contributed by atoms with Crippen molar-refractivity contribution in [2.75, 3.05) is 13.2 Å². The fourth-order valence-corrected chi connectivity index (χ4v) is 1.98. The highest BCUT2D eigenvalue weighted by molar-refractivity contribution is 5.67. The zero-order valence-electron chi connectivity index (χ0n) is 10.9. The maximum absolute atomic E-state index is 11.4. The number of ether oxygens (including phenoxy) is 1. The van der Waals surface area contributed by atoms with Gasteiger partial charge in [-0.2, -0.15) is 0 Å². The Bertz CT molecular complexity index is 280. The number of carbonyl (C=O) groups is 1. The Hall–Kier alpha value is -0.770. The first-order valence-electron chi connectivity index (χ1n) is 5.70. The van der Waals surface area contributed by atoms with Gasteiger partial charge in [-0.05, 0) is 32.6 Å². The summed E-state index contributed by atoms with van der Waals surface area (Å²) in [6.07, 6.45) is 0.523. The van der Waals surface area contributed by atoms with E-state index < -0.39 is 11.7 Å². The SMILES string of the molecule is CC(C)(C)OC(=O)NCC1(CO)CC1(C)C. The molecule has 1 fully saturated rings. The summed E-state index contributed by atoms with van der Waals surface area (Å²) in [7, 11) is 0. The minimum Gasteiger partial charge on any atom is -0.444 e. The number of alkyl carbamates (subject to hydrolysis) is 1. The van der Waals surface area contributed by atoms with Crippen LogP contribution in [0.25, 0.3) is 0 Å². The van der Waals surface area contributed by atoms with E-state index in [4.69, 9.17) is 4.74 Å². The number of hydrogen-bond donors (Lipinski definition) is 2. The minimum absolute atomic E-state index is 0.107. The molecule has 4 heteroatoms. The van der Waals surface area contributed by atoms with Gasteiger partial charge in [0, 0.05) is 12.0 Å². The molecule has 1 unspecified atom stereocenters. The molecule has 0 radical (unpaired) electrons. The molecule has 4 nitrogen and oxygen atoms in total. The van der Waals surface area contributed by atoms with E-state index in [0.29, 0.717) is 6.54 Å². The summed E-state index contributed by atoms with van der Waals surface area (Å²) in [5, 5.41) is 12.1. The number of carbonyl (C=O) groups excluding carboxylic acids is 1. The molecule has 0 aromatic carbocycles. The van der Waals surface area contributed by atoms with Crippen LogP contribution in [0, 0.1) is 10.8 Å². The van der Waals surface area contributed by atoms with Gasteiger partial charge in [0.1, 0.15) is 5.60 Å². The number of rotatable bonds is 3. The van der Waals surface area contributed by atoms with Gasteiger partial charge in [0.25, 0.3) is 0 Å². The van der Waals surface area contributed by atoms with Crippen molar-refractivity contribution in [3.05, 3.63) is 0 Å². The van der Waals surface area contributed by atoms with E-state index in [0.717, 1.165) is 6.42 Å². The lowest BCUT2D eigenvalue weighted by molar-refractivity contribution is 0.0499. The highest BCUT2D eigenvalue weighted by Crippen LogP contribution is 2.62. The number of nitrogens with one attached hydrogen (secondary N) is 1. The van der Waals surface area contributed by atoms with Crippen molar-refractivity contribution in [3.8, 4) is 0 Å². The molecule has 0 aliphatic heterocycles. The molecule has 94 valence electrons. The number of aliphatic hydroxyl groups excluding tert-OH is 1. The van der Waals surface area contributed by atoms with Gasteiger partial charge in [0.2, 0.25) is 0 Å². The minimum atomic E-state index is -0.477. The number of hydrogen-bond acceptors (Lipinski definition) is 3. The fourth-order valence-electron chi connectivity index (χ4n) is 1.98. The van der Waals surface area contributed by atoms with Crippen molar-refractivity contribution in [2.45, 2.75) is 46.6 Å². The van der Waals surface area contributed by atoms with Crippen LogP contribution in [0.5, 0.6) is 0 Å². The van der Waals surface area contributed by atoms with Crippen molar-refractivity contribution in [2.24, 2.45) is 10.8 Å². The lowest BCUT2D eigenvalue weighted by Gasteiger charge is -2.22. The van der Waals surface area contributed by atoms with Gasteiger partial charge < -0.3 is 15.2 Å². The molecule has 1 rings (SSSR count). The first-order chi connectivity index (χ1) is 7.12. The molecular weight excluding hydrogens is 206 g/mol. The number of amides is 1. The molecule has 0 heterocycles. The Labute approximate surface area is 97.4 Å². The lowest BCUT2D eigenvalue weighted by Crippen LogP contribution is -2.38. The summed E-state index contributed by atoms with van der Waals surface area (Å²) >= 11 is 0. The Balaban J connectivity index is 2.39. The molecule has 1 saturated carbocycles. The first kappa shape index (κ1) is 13.3. The van der Waals surface area contributed by atoms with Gasteiger partial charge in [-0.3, -0.25) is 0 Å². The second-order valence-corrected chi connectivity index (χ2v) is 6.35. The fraction of sp³-hybridized carbons (Fsp3) is 0.917. The quantitative estimate of drug-likeness (QED) is 0.777. The Morgan fingerprint density at radius 3 is 2.25 bits per heavy atom. The Kier molecular flexibility index (Phi) is 3.25. The predicted molar refractivity (Wildman–Crippen MR) is 62.2 cm³/mol. The molecule has 1 amide bonds. The van der Waals surface area contributed by atoms with E-state index in [1.807, 2.05) is 20.8 Å². The Morgan fingerprint density at radius 1 is 1.44 bits per heavy atom. The summed E-state index contributed by atoms with van der Waals surface area (Å²) in [5.74, 6) is 0. The normalized spacial score (nSPS) is 27.4. The third-order valence-corrected chi connectivity index (χ3v) is 3.36. The van der Waals surface area contributed by atoms with Crippen LogP contribution in [0.4, 0.5) is 4.79 Å². The van der Waals surface area contributed by atoms with E-state index in [9.17, 15) is 9.90 Å². The highest BCUT2D eigenvalue weighted by Gasteiger charge is 2.60. The largest absolute Gasteiger partial charge is 0.444 e. The van der Waals surface area contributed by atoms with Gasteiger partial charge in [0.15, 0.2) is 0 Å². The van der Waals surface area contributed by atoms with Crippen LogP contribution in [-0.2, 0) is 4.74 Å². The summed E-state index contributed by atoms with van der Waals surface area (Å²) in [5.41, 5.74) is -0.532. The summed E-state index contributed by atoms with van der Waals surface area (Å²) < 4.78 is 5.14. The van der Waals surface area contributed by atoms with Crippen LogP contribution >= 0.6 is 0 Å². The molecule has 1 atom stereocenters. The van der Waals surface area contributed by atoms with Crippen LogP contribution in [0.1, 0.15) is 41.0 Å². The van der Waals surface area contributed by atoms with Gasteiger partial charge in [0.05, 0.1) is 6.61 Å². The molecule has 0 saturated heterocycles. The summed E-state index contributed by atoms with van der Waals surface area (Å²) in [6, 6.07) is 0. The zero-order chi connectivity index (χ0) is 12.6. The monoisotopic (exact) mass is 229 g/mol. The molecule has 1 aliphatic rings. The summed E-state index contributed by atoms with van der Waals surface area (Å²) in [4.78, 5) is 11.4. The van der Waals surface area contributed by atoms with Gasteiger partial charge in [-0.15, -0.1) is 0 Å². The molecule has 0 spiro atoms. The van der Waals surface area contributed by atoms with Crippen LogP contribution in [0.15, 0.2) is 0 Å². The smallest absolute Gasteiger partial charge is 0.407 e. The molecular formula is C12H23NO3. The van der Waals surface area contributed by atoms with Gasteiger partial charge in [-0.25, -0.2) is 4.79 Å². The lowest BCUT2D eigenvalue weighted by atomic mass is 9.97. The summed E-state index contributed by atoms with van der Waals surface area (Å²) in [6.45, 7) is 10.3. The average molecular weight is 229 g/mol. The van der Waals surface area contributed by atoms with Crippen molar-refractivity contribution < 1.29 is 14.6 Å². The maximum atomic E-state index is 11.4. The standard InChI is InChI=1S/C12H23NO3/c1-10(2,3)16-9(15)13-7-12(8-14)6-11(12,4)5/h14H,6-8H2,1-5H3,(H,13,15). The molecule has 0 bridgehead atoms. The van der Waals surface area contributed by atoms with Crippen molar-refractivity contribution in [1.29, 1.82) is 0 Å². The first-order valence-corrected chi connectivity index (χ1v) is 5.70. The number of aliphatic hydroxyl groups is 1. The van der Waals surface area contributed by atoms with E-state index in [2.05, 4.69) is 19.2 Å². The second-order valence-electron chi connectivity index (χ2n) is 6.35. The predicted octanol–water partition coefficient (Wildman–Crippen LogP) is 1.92. The van der Waals surface area contributed by atoms with Crippen LogP contribution < -0.4 is 5.32 Å². The molecule has 1 aliphatic carbocycles. The Morgan fingerprint density at radius 2 is 1.94 bits per heavy atom. The van der Waals surface area contributed by atoms with Crippen molar-refractivity contribution in [3.63, 3.8) is 0 Å². The van der Waals surface area contributed by atoms with E-state index in [-0.39, 0.29) is 17.4 Å². The van der Waals surface area contributed by atoms with E-state index in [1.165, 1.54) is 0 Å². The highest BCUT2D eigenvalue weighted by atomic mass is 16.6. The van der Waals surface area contributed by atoms with Gasteiger partial charge >= 0.3 is 6.09 Å². The molecule has 16 heavy (non-hydrogen) atoms. The molecule has 0 aromatic rings. The van der Waals surface area contributed by atoms with Crippen molar-refractivity contribution >= 4 is 6.09 Å². The van der Waals surface area contributed by atoms with Crippen molar-refractivity contribution in [1.82, 2.24) is 5.32 Å². The third kappa shape index (κ3) is 2.88. The third-order valence-electron chi connectivity index (χ3n) is 3.36. The van der Waals surface area contributed by atoms with Crippen LogP contribution in [0.2, 0.25) is 0 Å². The molecule has 2 N–H and O–H groups in total. The van der Waals surface area contributed by atoms with E-state index >= 15 is 0 Å². The molecule has 0 aromatic heterocycles. The van der Waals surface area contributed by atoms with Crippen LogP contribution in [-0.4, -0.2) is 30.0 Å². The topological polar surface area (TPSA) is 58.6 Å². The van der Waals surface area contributed by atoms with Gasteiger partial charge in [-0.1, -0.05) is 13.8 Å². The van der Waals surface area contributed by atoms with Crippen LogP contribution in [0.3, 0.4) is 0 Å². The van der Waals surface area contributed by atoms with E-state index in [1.54, 1.807) is 0 Å². The average Bonchev–Trinajstić information content (AvgIpc) is 2.63. The maximum Gasteiger partial charge on any atom is 0.407 e. The zero-order valence-corrected chi connectivity index (χ0v) is 10.9. The second kappa shape index (κ2) is 3.91.